The summed E-state index contributed by atoms with van der Waals surface area (Å²) in [6, 6.07) is 9.12. The second-order valence-electron chi connectivity index (χ2n) is 5.81. The topological polar surface area (TPSA) is 84.5 Å². The van der Waals surface area contributed by atoms with Crippen LogP contribution in [0.4, 0.5) is 0 Å². The van der Waals surface area contributed by atoms with E-state index in [2.05, 4.69) is 21.2 Å². The average molecular weight is 342 g/mol. The van der Waals surface area contributed by atoms with Gasteiger partial charge in [-0.2, -0.15) is 0 Å². The van der Waals surface area contributed by atoms with Crippen molar-refractivity contribution >= 4 is 5.91 Å². The number of ether oxygens (including phenoxy) is 2. The molecule has 0 saturated carbocycles. The number of carbonyl (C=O) groups is 1. The third-order valence-corrected chi connectivity index (χ3v) is 4.25. The van der Waals surface area contributed by atoms with Gasteiger partial charge in [0.2, 0.25) is 5.91 Å². The molecule has 3 N–H and O–H groups in total. The fourth-order valence-corrected chi connectivity index (χ4v) is 2.85. The molecule has 2 aromatic rings. The third kappa shape index (κ3) is 4.07. The predicted molar refractivity (Wildman–Crippen MR) is 93.0 cm³/mol. The van der Waals surface area contributed by atoms with Crippen LogP contribution in [0.5, 0.6) is 11.5 Å². The van der Waals surface area contributed by atoms with Gasteiger partial charge in [-0.25, -0.2) is 10.9 Å². The smallest absolute Gasteiger partial charge is 0.238 e. The Balaban J connectivity index is 1.60. The molecule has 25 heavy (non-hydrogen) atoms. The molecule has 1 aliphatic heterocycles. The Morgan fingerprint density at radius 2 is 2.00 bits per heavy atom. The van der Waals surface area contributed by atoms with E-state index in [9.17, 15) is 4.79 Å². The largest absolute Gasteiger partial charge is 0.497 e. The van der Waals surface area contributed by atoms with Gasteiger partial charge < -0.3 is 14.8 Å². The van der Waals surface area contributed by atoms with Crippen molar-refractivity contribution < 1.29 is 14.3 Å². The molecular formula is C18H22N4O3. The molecule has 3 rings (SSSR count). The molecular weight excluding hydrogens is 320 g/mol. The van der Waals surface area contributed by atoms with Crippen molar-refractivity contribution in [3.63, 3.8) is 0 Å². The predicted octanol–water partition coefficient (Wildman–Crippen LogP) is 1.32. The number of aromatic nitrogens is 1. The van der Waals surface area contributed by atoms with Crippen molar-refractivity contribution in [2.75, 3.05) is 14.2 Å². The summed E-state index contributed by atoms with van der Waals surface area (Å²) in [5.41, 5.74) is 8.24. The molecule has 7 heteroatoms. The van der Waals surface area contributed by atoms with Crippen LogP contribution < -0.4 is 25.6 Å². The molecule has 0 radical (unpaired) electrons. The maximum Gasteiger partial charge on any atom is 0.238 e. The van der Waals surface area contributed by atoms with E-state index in [1.54, 1.807) is 26.6 Å². The van der Waals surface area contributed by atoms with Gasteiger partial charge >= 0.3 is 0 Å². The SMILES string of the molecule is COc1ccc(C2CC(C(=O)NCc3ccncc3)NN2)c(OC)c1. The second-order valence-corrected chi connectivity index (χ2v) is 5.81. The van der Waals surface area contributed by atoms with Crippen LogP contribution in [-0.4, -0.2) is 31.2 Å². The van der Waals surface area contributed by atoms with E-state index >= 15 is 0 Å². The van der Waals surface area contributed by atoms with Gasteiger partial charge in [0, 0.05) is 30.6 Å². The van der Waals surface area contributed by atoms with E-state index in [1.165, 1.54) is 0 Å². The molecule has 0 spiro atoms. The minimum absolute atomic E-state index is 0.0162. The molecule has 2 atom stereocenters. The Morgan fingerprint density at radius 3 is 2.72 bits per heavy atom. The number of nitrogens with zero attached hydrogens (tertiary/aromatic N) is 1. The molecule has 1 aromatic heterocycles. The van der Waals surface area contributed by atoms with Crippen LogP contribution in [0.25, 0.3) is 0 Å². The first-order chi connectivity index (χ1) is 12.2. The monoisotopic (exact) mass is 342 g/mol. The lowest BCUT2D eigenvalue weighted by molar-refractivity contribution is -0.123. The number of amides is 1. The number of rotatable bonds is 6. The molecule has 0 bridgehead atoms. The zero-order valence-corrected chi connectivity index (χ0v) is 14.3. The maximum atomic E-state index is 12.4. The number of hydrogen-bond acceptors (Lipinski definition) is 6. The Morgan fingerprint density at radius 1 is 1.20 bits per heavy atom. The highest BCUT2D eigenvalue weighted by Crippen LogP contribution is 2.33. The van der Waals surface area contributed by atoms with E-state index in [4.69, 9.17) is 9.47 Å². The van der Waals surface area contributed by atoms with Crippen LogP contribution in [0.2, 0.25) is 0 Å². The highest BCUT2D eigenvalue weighted by Gasteiger charge is 2.31. The van der Waals surface area contributed by atoms with Crippen LogP contribution in [0.15, 0.2) is 42.7 Å². The van der Waals surface area contributed by atoms with Crippen molar-refractivity contribution in [1.29, 1.82) is 0 Å². The van der Waals surface area contributed by atoms with Gasteiger partial charge in [-0.05, 0) is 30.2 Å². The molecule has 2 heterocycles. The molecule has 132 valence electrons. The molecule has 7 nitrogen and oxygen atoms in total. The maximum absolute atomic E-state index is 12.4. The van der Waals surface area contributed by atoms with Crippen LogP contribution in [0, 0.1) is 0 Å². The molecule has 1 saturated heterocycles. The Labute approximate surface area is 146 Å². The van der Waals surface area contributed by atoms with E-state index < -0.39 is 0 Å². The number of methoxy groups -OCH3 is 2. The van der Waals surface area contributed by atoms with Crippen molar-refractivity contribution in [3.05, 3.63) is 53.9 Å². The summed E-state index contributed by atoms with van der Waals surface area (Å²) in [4.78, 5) is 16.3. The molecule has 1 aliphatic rings. The number of hydrogen-bond donors (Lipinski definition) is 3. The van der Waals surface area contributed by atoms with Crippen LogP contribution in [-0.2, 0) is 11.3 Å². The molecule has 0 aliphatic carbocycles. The Kier molecular flexibility index (Phi) is 5.47. The van der Waals surface area contributed by atoms with Crippen LogP contribution in [0.3, 0.4) is 0 Å². The first kappa shape index (κ1) is 17.2. The second kappa shape index (κ2) is 7.96. The number of carbonyl (C=O) groups excluding carboxylic acids is 1. The first-order valence-corrected chi connectivity index (χ1v) is 8.11. The number of benzene rings is 1. The van der Waals surface area contributed by atoms with Gasteiger partial charge in [0.25, 0.3) is 0 Å². The van der Waals surface area contributed by atoms with Gasteiger partial charge in [-0.1, -0.05) is 6.07 Å². The zero-order chi connectivity index (χ0) is 17.6. The van der Waals surface area contributed by atoms with Crippen LogP contribution >= 0.6 is 0 Å². The zero-order valence-electron chi connectivity index (χ0n) is 14.3. The minimum atomic E-state index is -0.307. The highest BCUT2D eigenvalue weighted by atomic mass is 16.5. The minimum Gasteiger partial charge on any atom is -0.497 e. The first-order valence-electron chi connectivity index (χ1n) is 8.11. The van der Waals surface area contributed by atoms with Crippen molar-refractivity contribution in [2.24, 2.45) is 0 Å². The third-order valence-electron chi connectivity index (χ3n) is 4.25. The molecule has 1 amide bonds. The molecule has 2 unspecified atom stereocenters. The summed E-state index contributed by atoms with van der Waals surface area (Å²) in [5.74, 6) is 1.42. The van der Waals surface area contributed by atoms with Crippen molar-refractivity contribution in [2.45, 2.75) is 25.0 Å². The van der Waals surface area contributed by atoms with Gasteiger partial charge in [-0.15, -0.1) is 0 Å². The molecule has 1 aromatic carbocycles. The number of nitrogens with one attached hydrogen (secondary N) is 3. The van der Waals surface area contributed by atoms with E-state index in [1.807, 2.05) is 30.3 Å². The summed E-state index contributed by atoms with van der Waals surface area (Å²) < 4.78 is 10.7. The highest BCUT2D eigenvalue weighted by molar-refractivity contribution is 5.82. The van der Waals surface area contributed by atoms with Gasteiger partial charge in [0.05, 0.1) is 20.3 Å². The molecule has 1 fully saturated rings. The number of hydrazine groups is 1. The number of pyridine rings is 1. The summed E-state index contributed by atoms with van der Waals surface area (Å²) >= 11 is 0. The Hall–Kier alpha value is -2.64. The lowest BCUT2D eigenvalue weighted by atomic mass is 10.0. The van der Waals surface area contributed by atoms with E-state index in [0.717, 1.165) is 22.6 Å². The van der Waals surface area contributed by atoms with Crippen LogP contribution in [0.1, 0.15) is 23.6 Å². The Bertz CT molecular complexity index is 724. The van der Waals surface area contributed by atoms with E-state index in [-0.39, 0.29) is 18.0 Å². The van der Waals surface area contributed by atoms with Gasteiger partial charge in [0.1, 0.15) is 17.5 Å². The fraction of sp³-hybridized carbons (Fsp3) is 0.333. The summed E-state index contributed by atoms with van der Waals surface area (Å²) in [7, 11) is 3.24. The van der Waals surface area contributed by atoms with Gasteiger partial charge in [0.15, 0.2) is 0 Å². The standard InChI is InChI=1S/C18H22N4O3/c1-24-13-3-4-14(17(9-13)25-2)15-10-16(22-21-15)18(23)20-11-12-5-7-19-8-6-12/h3-9,15-16,21-22H,10-11H2,1-2H3,(H,20,23). The summed E-state index contributed by atoms with van der Waals surface area (Å²) in [5, 5.41) is 2.94. The lowest BCUT2D eigenvalue weighted by Crippen LogP contribution is -2.42. The average Bonchev–Trinajstić information content (AvgIpc) is 3.16. The quantitative estimate of drug-likeness (QED) is 0.734. The van der Waals surface area contributed by atoms with Crippen molar-refractivity contribution in [3.8, 4) is 11.5 Å². The van der Waals surface area contributed by atoms with Gasteiger partial charge in [-0.3, -0.25) is 9.78 Å². The normalized spacial score (nSPS) is 19.4. The summed E-state index contributed by atoms with van der Waals surface area (Å²) in [6.07, 6.45) is 4.05. The van der Waals surface area contributed by atoms with E-state index in [0.29, 0.717) is 13.0 Å². The summed E-state index contributed by atoms with van der Waals surface area (Å²) in [6.45, 7) is 0.482. The fourth-order valence-electron chi connectivity index (χ4n) is 2.85. The van der Waals surface area contributed by atoms with Crippen molar-refractivity contribution in [1.82, 2.24) is 21.2 Å². The lowest BCUT2D eigenvalue weighted by Gasteiger charge is -2.15.